The first-order valence-corrected chi connectivity index (χ1v) is 7.22. The van der Waals surface area contributed by atoms with Gasteiger partial charge in [0.05, 0.1) is 6.10 Å². The van der Waals surface area contributed by atoms with Crippen molar-refractivity contribution in [1.29, 1.82) is 0 Å². The maximum Gasteiger partial charge on any atom is 1.00 e. The molecule has 0 fully saturated rings. The molecule has 2 N–H and O–H groups in total. The fraction of sp³-hybridized carbons (Fsp3) is 0.588. The van der Waals surface area contributed by atoms with Crippen LogP contribution in [-0.2, 0) is 17.1 Å². The summed E-state index contributed by atoms with van der Waals surface area (Å²) in [4.78, 5) is 2.12. The molecular formula is C17H31CuLiN2O. The Morgan fingerprint density at radius 3 is 2.00 bits per heavy atom. The van der Waals surface area contributed by atoms with Gasteiger partial charge in [-0.05, 0) is 26.6 Å². The first-order valence-electron chi connectivity index (χ1n) is 7.22. The Morgan fingerprint density at radius 2 is 1.59 bits per heavy atom. The van der Waals surface area contributed by atoms with E-state index in [9.17, 15) is 5.11 Å². The van der Waals surface area contributed by atoms with Crippen molar-refractivity contribution in [1.82, 2.24) is 10.2 Å². The molecule has 3 nitrogen and oxygen atoms in total. The first-order chi connectivity index (χ1) is 9.34. The summed E-state index contributed by atoms with van der Waals surface area (Å²) in [5, 5.41) is 13.4. The predicted molar refractivity (Wildman–Crippen MR) is 87.7 cm³/mol. The molecular weight excluding hydrogens is 319 g/mol. The molecule has 1 radical (unpaired) electrons. The normalized spacial score (nSPS) is 12.6. The number of likely N-dealkylation sites (N-methyl/N-ethyl adjacent to an activating group) is 1. The smallest absolute Gasteiger partial charge is 0.387 e. The van der Waals surface area contributed by atoms with E-state index in [0.717, 1.165) is 18.7 Å². The summed E-state index contributed by atoms with van der Waals surface area (Å²) in [6.45, 7) is 10.1. The van der Waals surface area contributed by atoms with Crippen LogP contribution >= 0.6 is 0 Å². The Morgan fingerprint density at radius 1 is 1.14 bits per heavy atom. The summed E-state index contributed by atoms with van der Waals surface area (Å²) in [6.07, 6.45) is -0.441. The molecule has 0 heterocycles. The van der Waals surface area contributed by atoms with Gasteiger partial charge in [0.1, 0.15) is 0 Å². The van der Waals surface area contributed by atoms with Crippen LogP contribution in [-0.4, -0.2) is 43.2 Å². The Bertz CT molecular complexity index is 334. The molecule has 0 aliphatic carbocycles. The van der Waals surface area contributed by atoms with Crippen molar-refractivity contribution < 1.29 is 41.0 Å². The van der Waals surface area contributed by atoms with Crippen molar-refractivity contribution in [3.63, 3.8) is 0 Å². The summed E-state index contributed by atoms with van der Waals surface area (Å²) in [5.41, 5.74) is 0.965. The zero-order valence-electron chi connectivity index (χ0n) is 15.2. The van der Waals surface area contributed by atoms with E-state index in [0.29, 0.717) is 0 Å². The number of hydrogen-bond donors (Lipinski definition) is 2. The Balaban J connectivity index is -0.000000538. The van der Waals surface area contributed by atoms with Crippen LogP contribution in [0.1, 0.15) is 39.4 Å². The second-order valence-electron chi connectivity index (χ2n) is 5.90. The van der Waals surface area contributed by atoms with Gasteiger partial charge >= 0.3 is 18.9 Å². The minimum absolute atomic E-state index is 0. The zero-order valence-corrected chi connectivity index (χ0v) is 16.1. The summed E-state index contributed by atoms with van der Waals surface area (Å²) in [5.74, 6) is 1.42. The van der Waals surface area contributed by atoms with E-state index in [-0.39, 0.29) is 42.0 Å². The second kappa shape index (κ2) is 16.1. The first kappa shape index (κ1) is 27.1. The topological polar surface area (TPSA) is 35.5 Å². The molecule has 0 saturated heterocycles. The van der Waals surface area contributed by atoms with Crippen molar-refractivity contribution >= 4 is 0 Å². The van der Waals surface area contributed by atoms with Crippen molar-refractivity contribution in [2.24, 2.45) is 0 Å². The van der Waals surface area contributed by atoms with Gasteiger partial charge in [-0.3, -0.25) is 0 Å². The van der Waals surface area contributed by atoms with E-state index < -0.39 is 6.10 Å². The van der Waals surface area contributed by atoms with Gasteiger partial charge in [-0.25, -0.2) is 0 Å². The largest absolute Gasteiger partial charge is 1.00 e. The molecule has 1 aromatic carbocycles. The molecule has 0 aliphatic rings. The minimum Gasteiger partial charge on any atom is -0.387 e. The van der Waals surface area contributed by atoms with Gasteiger partial charge < -0.3 is 21.2 Å². The molecule has 5 heteroatoms. The maximum atomic E-state index is 10.1. The van der Waals surface area contributed by atoms with Crippen LogP contribution in [0, 0.1) is 5.92 Å². The van der Waals surface area contributed by atoms with Crippen LogP contribution in [0.2, 0.25) is 0 Å². The fourth-order valence-corrected chi connectivity index (χ4v) is 1.57. The third kappa shape index (κ3) is 15.1. The molecule has 0 aliphatic heterocycles. The van der Waals surface area contributed by atoms with E-state index in [1.807, 2.05) is 51.4 Å². The van der Waals surface area contributed by atoms with Gasteiger partial charge in [0.15, 0.2) is 0 Å². The predicted octanol–water partition coefficient (Wildman–Crippen LogP) is -0.118. The van der Waals surface area contributed by atoms with Crippen LogP contribution in [0.15, 0.2) is 30.3 Å². The third-order valence-electron chi connectivity index (χ3n) is 2.64. The molecule has 0 amide bonds. The molecule has 22 heavy (non-hydrogen) atoms. The molecule has 1 unspecified atom stereocenters. The van der Waals surface area contributed by atoms with Gasteiger partial charge in [0.2, 0.25) is 0 Å². The molecule has 2 atom stereocenters. The van der Waals surface area contributed by atoms with Crippen LogP contribution in [0.25, 0.3) is 0 Å². The molecule has 0 bridgehead atoms. The monoisotopic (exact) mass is 349 g/mol. The van der Waals surface area contributed by atoms with Crippen LogP contribution in [0.5, 0.6) is 0 Å². The average molecular weight is 350 g/mol. The summed E-state index contributed by atoms with van der Waals surface area (Å²) in [7, 11) is 4.08. The quantitative estimate of drug-likeness (QED) is 0.555. The Labute approximate surface area is 159 Å². The molecule has 127 valence electrons. The molecule has 0 aromatic heterocycles. The summed E-state index contributed by atoms with van der Waals surface area (Å²) >= 11 is 0. The minimum atomic E-state index is -0.441. The fourth-order valence-electron chi connectivity index (χ4n) is 1.57. The van der Waals surface area contributed by atoms with Gasteiger partial charge in [0.25, 0.3) is 0 Å². The number of nitrogens with zero attached hydrogens (tertiary/aromatic N) is 1. The number of hydrogen-bond acceptors (Lipinski definition) is 3. The van der Waals surface area contributed by atoms with E-state index >= 15 is 0 Å². The Hall–Kier alpha value is 0.217. The standard InChI is InChI=1S/C13H22N2O.C4H9.Cu.Li/c1-11(14-9-10-15(2)3)13(16)12-7-5-4-6-8-12;1-4(2)3;;/h4-8,11,13-14,16H,9-10H2,1-3H3;1-3H3;;/q;-1;;+1/t11-,13?;;;/m0.../s1. The van der Waals surface area contributed by atoms with Crippen molar-refractivity contribution in [2.75, 3.05) is 27.2 Å². The molecule has 1 rings (SSSR count). The van der Waals surface area contributed by atoms with E-state index in [4.69, 9.17) is 0 Å². The number of rotatable bonds is 6. The molecule has 0 spiro atoms. The van der Waals surface area contributed by atoms with Crippen LogP contribution in [0.4, 0.5) is 0 Å². The van der Waals surface area contributed by atoms with Crippen molar-refractivity contribution in [3.05, 3.63) is 41.8 Å². The van der Waals surface area contributed by atoms with Gasteiger partial charge in [-0.15, -0.1) is 0 Å². The van der Waals surface area contributed by atoms with E-state index in [1.54, 1.807) is 0 Å². The summed E-state index contributed by atoms with van der Waals surface area (Å²) < 4.78 is 0. The summed E-state index contributed by atoms with van der Waals surface area (Å²) in [6, 6.07) is 9.84. The van der Waals surface area contributed by atoms with Crippen molar-refractivity contribution in [2.45, 2.75) is 39.8 Å². The van der Waals surface area contributed by atoms with Gasteiger partial charge in [-0.2, -0.15) is 20.8 Å². The number of nitrogens with one attached hydrogen (secondary N) is 1. The number of benzene rings is 1. The molecule has 1 aromatic rings. The van der Waals surface area contributed by atoms with Crippen LogP contribution in [0.3, 0.4) is 0 Å². The van der Waals surface area contributed by atoms with E-state index in [1.165, 1.54) is 5.92 Å². The van der Waals surface area contributed by atoms with Crippen molar-refractivity contribution in [3.8, 4) is 0 Å². The third-order valence-corrected chi connectivity index (χ3v) is 2.64. The molecule has 0 saturated carbocycles. The average Bonchev–Trinajstić information content (AvgIpc) is 2.37. The van der Waals surface area contributed by atoms with E-state index in [2.05, 4.69) is 31.0 Å². The van der Waals surface area contributed by atoms with Gasteiger partial charge in [0, 0.05) is 36.2 Å². The SMILES string of the molecule is C[C-](C)C.C[C@H](NCCN(C)C)C(O)c1ccccc1.[Cu].[Li+]. The number of aliphatic hydroxyl groups excluding tert-OH is 1. The maximum absolute atomic E-state index is 10.1. The second-order valence-corrected chi connectivity index (χ2v) is 5.90. The van der Waals surface area contributed by atoms with Gasteiger partial charge in [-0.1, -0.05) is 30.3 Å². The number of aliphatic hydroxyl groups is 1. The van der Waals surface area contributed by atoms with Crippen LogP contribution < -0.4 is 24.2 Å². The zero-order chi connectivity index (χ0) is 15.5. The Kier molecular flexibility index (Phi) is 19.8.